The highest BCUT2D eigenvalue weighted by Crippen LogP contribution is 2.23. The average molecular weight is 285 g/mol. The standard InChI is InChI=1S/C14H8ClF3O/c15-14-9(5-11(17)7-12(14)18)6-13(19)8-1-3-10(16)4-2-8/h1-5,7H,6H2. The maximum absolute atomic E-state index is 13.2. The van der Waals surface area contributed by atoms with Gasteiger partial charge < -0.3 is 0 Å². The van der Waals surface area contributed by atoms with Gasteiger partial charge in [0.1, 0.15) is 17.5 Å². The van der Waals surface area contributed by atoms with Gasteiger partial charge in [-0.05, 0) is 35.9 Å². The lowest BCUT2D eigenvalue weighted by atomic mass is 10.0. The second-order valence-corrected chi connectivity index (χ2v) is 4.35. The summed E-state index contributed by atoms with van der Waals surface area (Å²) in [5, 5.41) is -0.281. The van der Waals surface area contributed by atoms with Gasteiger partial charge in [-0.1, -0.05) is 11.6 Å². The van der Waals surface area contributed by atoms with Crippen molar-refractivity contribution in [1.82, 2.24) is 0 Å². The van der Waals surface area contributed by atoms with Crippen molar-refractivity contribution >= 4 is 17.4 Å². The topological polar surface area (TPSA) is 17.1 Å². The quantitative estimate of drug-likeness (QED) is 0.610. The lowest BCUT2D eigenvalue weighted by Crippen LogP contribution is -2.05. The Kier molecular flexibility index (Phi) is 3.90. The molecule has 0 spiro atoms. The Morgan fingerprint density at radius 2 is 1.63 bits per heavy atom. The van der Waals surface area contributed by atoms with Crippen LogP contribution in [0.3, 0.4) is 0 Å². The molecule has 0 saturated carbocycles. The fraction of sp³-hybridized carbons (Fsp3) is 0.0714. The van der Waals surface area contributed by atoms with Crippen molar-refractivity contribution in [2.75, 3.05) is 0 Å². The first kappa shape index (κ1) is 13.6. The average Bonchev–Trinajstić information content (AvgIpc) is 2.36. The van der Waals surface area contributed by atoms with Gasteiger partial charge in [-0.15, -0.1) is 0 Å². The van der Waals surface area contributed by atoms with Crippen LogP contribution in [0.4, 0.5) is 13.2 Å². The molecule has 0 aliphatic rings. The van der Waals surface area contributed by atoms with Crippen molar-refractivity contribution in [3.8, 4) is 0 Å². The van der Waals surface area contributed by atoms with Crippen LogP contribution in [0.2, 0.25) is 5.02 Å². The molecule has 0 bridgehead atoms. The van der Waals surface area contributed by atoms with Gasteiger partial charge in [-0.3, -0.25) is 4.79 Å². The number of benzene rings is 2. The van der Waals surface area contributed by atoms with Crippen LogP contribution in [0, 0.1) is 17.5 Å². The Hall–Kier alpha value is -1.81. The molecule has 2 aromatic carbocycles. The summed E-state index contributed by atoms with van der Waals surface area (Å²) >= 11 is 5.67. The van der Waals surface area contributed by atoms with Crippen LogP contribution in [-0.4, -0.2) is 5.78 Å². The van der Waals surface area contributed by atoms with E-state index in [0.717, 1.165) is 18.2 Å². The molecule has 2 aromatic rings. The summed E-state index contributed by atoms with van der Waals surface area (Å²) in [5.41, 5.74) is 0.315. The van der Waals surface area contributed by atoms with Gasteiger partial charge in [-0.25, -0.2) is 13.2 Å². The molecular formula is C14H8ClF3O. The molecule has 1 nitrogen and oxygen atoms in total. The molecule has 0 saturated heterocycles. The van der Waals surface area contributed by atoms with Crippen LogP contribution < -0.4 is 0 Å². The van der Waals surface area contributed by atoms with Crippen molar-refractivity contribution in [2.45, 2.75) is 6.42 Å². The molecule has 0 heterocycles. The van der Waals surface area contributed by atoms with Gasteiger partial charge in [0.15, 0.2) is 5.78 Å². The number of halogens is 4. The van der Waals surface area contributed by atoms with Crippen LogP contribution in [0.25, 0.3) is 0 Å². The third kappa shape index (κ3) is 3.15. The zero-order chi connectivity index (χ0) is 14.0. The molecule has 0 aliphatic heterocycles. The zero-order valence-electron chi connectivity index (χ0n) is 9.59. The molecular weight excluding hydrogens is 277 g/mol. The number of rotatable bonds is 3. The number of Topliss-reactive ketones (excluding diaryl/α,β-unsaturated/α-hetero) is 1. The number of ketones is 1. The maximum atomic E-state index is 13.2. The van der Waals surface area contributed by atoms with Crippen LogP contribution in [0.1, 0.15) is 15.9 Å². The molecule has 0 aromatic heterocycles. The van der Waals surface area contributed by atoms with Crippen molar-refractivity contribution in [3.05, 3.63) is 70.0 Å². The van der Waals surface area contributed by atoms with Crippen LogP contribution >= 0.6 is 11.6 Å². The highest BCUT2D eigenvalue weighted by molar-refractivity contribution is 6.31. The predicted molar refractivity (Wildman–Crippen MR) is 65.8 cm³/mol. The van der Waals surface area contributed by atoms with Crippen molar-refractivity contribution in [1.29, 1.82) is 0 Å². The summed E-state index contributed by atoms with van der Waals surface area (Å²) < 4.78 is 39.0. The molecule has 0 N–H and O–H groups in total. The summed E-state index contributed by atoms with van der Waals surface area (Å²) in [5.74, 6) is -2.58. The van der Waals surface area contributed by atoms with Gasteiger partial charge in [0.25, 0.3) is 0 Å². The predicted octanol–water partition coefficient (Wildman–Crippen LogP) is 4.18. The summed E-state index contributed by atoms with van der Waals surface area (Å²) in [7, 11) is 0. The second kappa shape index (κ2) is 5.45. The molecule has 0 unspecified atom stereocenters. The first-order valence-electron chi connectivity index (χ1n) is 5.39. The van der Waals surface area contributed by atoms with E-state index in [2.05, 4.69) is 0 Å². The summed E-state index contributed by atoms with van der Waals surface area (Å²) in [6.07, 6.45) is -0.251. The molecule has 0 fully saturated rings. The third-order valence-electron chi connectivity index (χ3n) is 2.59. The van der Waals surface area contributed by atoms with E-state index in [1.54, 1.807) is 0 Å². The van der Waals surface area contributed by atoms with E-state index in [-0.39, 0.29) is 22.6 Å². The fourth-order valence-electron chi connectivity index (χ4n) is 1.65. The largest absolute Gasteiger partial charge is 0.294 e. The first-order chi connectivity index (χ1) is 8.97. The Morgan fingerprint density at radius 1 is 1.00 bits per heavy atom. The van der Waals surface area contributed by atoms with Crippen LogP contribution in [0.15, 0.2) is 36.4 Å². The van der Waals surface area contributed by atoms with Crippen molar-refractivity contribution in [3.63, 3.8) is 0 Å². The number of hydrogen-bond donors (Lipinski definition) is 0. The lowest BCUT2D eigenvalue weighted by molar-refractivity contribution is 0.0993. The van der Waals surface area contributed by atoms with Crippen LogP contribution in [0.5, 0.6) is 0 Å². The molecule has 19 heavy (non-hydrogen) atoms. The van der Waals surface area contributed by atoms with Gasteiger partial charge in [0.2, 0.25) is 0 Å². The normalized spacial score (nSPS) is 10.5. The van der Waals surface area contributed by atoms with E-state index in [1.165, 1.54) is 12.1 Å². The summed E-state index contributed by atoms with van der Waals surface area (Å²) in [6.45, 7) is 0. The minimum absolute atomic E-state index is 0.0634. The molecule has 2 rings (SSSR count). The Balaban J connectivity index is 2.26. The monoisotopic (exact) mass is 284 g/mol. The highest BCUT2D eigenvalue weighted by Gasteiger charge is 2.14. The lowest BCUT2D eigenvalue weighted by Gasteiger charge is -2.05. The molecule has 0 aliphatic carbocycles. The van der Waals surface area contributed by atoms with Crippen molar-refractivity contribution < 1.29 is 18.0 Å². The third-order valence-corrected chi connectivity index (χ3v) is 3.01. The van der Waals surface area contributed by atoms with Gasteiger partial charge in [0.05, 0.1) is 5.02 Å². The Bertz CT molecular complexity index is 623. The van der Waals surface area contributed by atoms with E-state index in [9.17, 15) is 18.0 Å². The minimum atomic E-state index is -0.913. The van der Waals surface area contributed by atoms with Crippen LogP contribution in [-0.2, 0) is 6.42 Å². The first-order valence-corrected chi connectivity index (χ1v) is 5.77. The van der Waals surface area contributed by atoms with E-state index in [4.69, 9.17) is 11.6 Å². The minimum Gasteiger partial charge on any atom is -0.294 e. The molecule has 0 amide bonds. The fourth-order valence-corrected chi connectivity index (χ4v) is 1.82. The van der Waals surface area contributed by atoms with Crippen molar-refractivity contribution in [2.24, 2.45) is 0 Å². The molecule has 98 valence electrons. The Labute approximate surface area is 112 Å². The van der Waals surface area contributed by atoms with E-state index in [1.807, 2.05) is 0 Å². The summed E-state index contributed by atoms with van der Waals surface area (Å²) in [6, 6.07) is 6.55. The smallest absolute Gasteiger partial charge is 0.167 e. The number of carbonyl (C=O) groups is 1. The molecule has 0 atom stereocenters. The summed E-state index contributed by atoms with van der Waals surface area (Å²) in [4.78, 5) is 11.9. The van der Waals surface area contributed by atoms with Gasteiger partial charge in [-0.2, -0.15) is 0 Å². The van der Waals surface area contributed by atoms with Gasteiger partial charge in [0, 0.05) is 18.1 Å². The maximum Gasteiger partial charge on any atom is 0.167 e. The SMILES string of the molecule is O=C(Cc1cc(F)cc(F)c1Cl)c1ccc(F)cc1. The van der Waals surface area contributed by atoms with Gasteiger partial charge >= 0.3 is 0 Å². The number of carbonyl (C=O) groups excluding carboxylic acids is 1. The van der Waals surface area contributed by atoms with E-state index in [0.29, 0.717) is 6.07 Å². The van der Waals surface area contributed by atoms with E-state index >= 15 is 0 Å². The number of hydrogen-bond acceptors (Lipinski definition) is 1. The highest BCUT2D eigenvalue weighted by atomic mass is 35.5. The molecule has 5 heteroatoms. The second-order valence-electron chi connectivity index (χ2n) is 3.97. The zero-order valence-corrected chi connectivity index (χ0v) is 10.3. The van der Waals surface area contributed by atoms with E-state index < -0.39 is 23.2 Å². The molecule has 0 radical (unpaired) electrons. The Morgan fingerprint density at radius 3 is 2.26 bits per heavy atom.